The maximum Gasteiger partial charge on any atom is 0.304 e. The normalized spacial score (nSPS) is 15.2. The van der Waals surface area contributed by atoms with Crippen LogP contribution < -0.4 is 5.32 Å². The number of amides is 1. The highest BCUT2D eigenvalue weighted by Gasteiger charge is 2.33. The van der Waals surface area contributed by atoms with E-state index in [1.165, 1.54) is 13.8 Å². The number of rotatable bonds is 6. The fraction of sp³-hybridized carbons (Fsp3) is 0.778. The van der Waals surface area contributed by atoms with Crippen molar-refractivity contribution in [1.29, 1.82) is 0 Å². The summed E-state index contributed by atoms with van der Waals surface area (Å²) in [5, 5.41) is 8.61. The molecule has 2 N–H and O–H groups in total. The van der Waals surface area contributed by atoms with Gasteiger partial charge in [-0.15, -0.1) is 0 Å². The summed E-state index contributed by atoms with van der Waals surface area (Å²) in [6, 6.07) is 0. The lowest BCUT2D eigenvalue weighted by Gasteiger charge is -2.16. The van der Waals surface area contributed by atoms with Crippen molar-refractivity contribution in [3.05, 3.63) is 0 Å². The summed E-state index contributed by atoms with van der Waals surface area (Å²) < 4.78 is 23.5. The third-order valence-corrected chi connectivity index (χ3v) is 4.72. The maximum absolute atomic E-state index is 11.8. The molecule has 2 unspecified atom stereocenters. The summed E-state index contributed by atoms with van der Waals surface area (Å²) in [7, 11) is -3.75. The molecule has 6 nitrogen and oxygen atoms in total. The van der Waals surface area contributed by atoms with Crippen LogP contribution in [0.15, 0.2) is 0 Å². The fourth-order valence-electron chi connectivity index (χ4n) is 1.18. The van der Waals surface area contributed by atoms with Crippen molar-refractivity contribution in [2.75, 3.05) is 6.54 Å². The quantitative estimate of drug-likeness (QED) is 0.680. The van der Waals surface area contributed by atoms with Gasteiger partial charge in [0, 0.05) is 6.54 Å². The van der Waals surface area contributed by atoms with Gasteiger partial charge in [0.05, 0.1) is 11.7 Å². The average Bonchev–Trinajstić information content (AvgIpc) is 2.15. The molecule has 0 aromatic rings. The van der Waals surface area contributed by atoms with Crippen LogP contribution in [-0.2, 0) is 19.4 Å². The first kappa shape index (κ1) is 14.9. The second-order valence-electron chi connectivity index (χ2n) is 3.53. The summed E-state index contributed by atoms with van der Waals surface area (Å²) in [5.74, 6) is -1.79. The van der Waals surface area contributed by atoms with Crippen molar-refractivity contribution in [1.82, 2.24) is 5.32 Å². The first-order chi connectivity index (χ1) is 7.23. The molecule has 2 atom stereocenters. The van der Waals surface area contributed by atoms with Gasteiger partial charge in [-0.2, -0.15) is 0 Å². The number of carboxylic acids is 1. The number of hydrogen-bond acceptors (Lipinski definition) is 4. The molecular formula is C9H17NO5S. The smallest absolute Gasteiger partial charge is 0.304 e. The number of nitrogens with one attached hydrogen (secondary N) is 1. The lowest BCUT2D eigenvalue weighted by atomic mass is 10.3. The number of sulfone groups is 1. The minimum Gasteiger partial charge on any atom is -0.481 e. The molecule has 1 amide bonds. The van der Waals surface area contributed by atoms with Crippen LogP contribution in [0.1, 0.15) is 27.2 Å². The molecule has 0 aromatic carbocycles. The molecular weight excluding hydrogens is 234 g/mol. The molecule has 0 fully saturated rings. The van der Waals surface area contributed by atoms with Gasteiger partial charge in [-0.1, -0.05) is 0 Å². The molecule has 0 heterocycles. The number of carbonyl (C=O) groups excluding carboxylic acids is 1. The predicted molar refractivity (Wildman–Crippen MR) is 58.8 cm³/mol. The van der Waals surface area contributed by atoms with Crippen molar-refractivity contribution in [3.63, 3.8) is 0 Å². The Morgan fingerprint density at radius 2 is 1.81 bits per heavy atom. The second kappa shape index (κ2) is 5.83. The van der Waals surface area contributed by atoms with Gasteiger partial charge in [-0.3, -0.25) is 9.59 Å². The number of carbonyl (C=O) groups is 2. The summed E-state index contributed by atoms with van der Waals surface area (Å²) in [6.45, 7) is 4.57. The Morgan fingerprint density at radius 1 is 1.31 bits per heavy atom. The van der Waals surface area contributed by atoms with Gasteiger partial charge >= 0.3 is 5.97 Å². The van der Waals surface area contributed by atoms with E-state index in [1.54, 1.807) is 6.92 Å². The lowest BCUT2D eigenvalue weighted by molar-refractivity contribution is -0.137. The van der Waals surface area contributed by atoms with Gasteiger partial charge in [0.15, 0.2) is 9.84 Å². The number of carboxylic acid groups (broad SMARTS) is 1. The number of hydrogen-bond donors (Lipinski definition) is 2. The van der Waals surface area contributed by atoms with E-state index in [1.807, 2.05) is 0 Å². The Labute approximate surface area is 95.0 Å². The molecule has 0 radical (unpaired) electrons. The Kier molecular flexibility index (Phi) is 5.43. The van der Waals surface area contributed by atoms with Gasteiger partial charge in [-0.05, 0) is 20.8 Å². The maximum atomic E-state index is 11.8. The largest absolute Gasteiger partial charge is 0.481 e. The van der Waals surface area contributed by atoms with Gasteiger partial charge < -0.3 is 10.4 Å². The second-order valence-corrected chi connectivity index (χ2v) is 6.22. The fourth-order valence-corrected chi connectivity index (χ4v) is 2.63. The van der Waals surface area contributed by atoms with Gasteiger partial charge in [0.1, 0.15) is 5.25 Å². The summed E-state index contributed by atoms with van der Waals surface area (Å²) >= 11 is 0. The number of aliphatic carboxylic acids is 1. The van der Waals surface area contributed by atoms with E-state index in [0.29, 0.717) is 6.54 Å². The van der Waals surface area contributed by atoms with E-state index < -0.39 is 38.6 Å². The van der Waals surface area contributed by atoms with Crippen LogP contribution in [0.4, 0.5) is 0 Å². The molecule has 0 aromatic heterocycles. The van der Waals surface area contributed by atoms with Gasteiger partial charge in [0.25, 0.3) is 0 Å². The lowest BCUT2D eigenvalue weighted by Crippen LogP contribution is -2.41. The Balaban J connectivity index is 4.78. The van der Waals surface area contributed by atoms with E-state index in [0.717, 1.165) is 0 Å². The molecule has 16 heavy (non-hydrogen) atoms. The molecule has 0 rings (SSSR count). The topological polar surface area (TPSA) is 101 Å². The summed E-state index contributed by atoms with van der Waals surface area (Å²) in [6.07, 6.45) is -0.494. The van der Waals surface area contributed by atoms with Crippen molar-refractivity contribution in [2.24, 2.45) is 0 Å². The summed E-state index contributed by atoms with van der Waals surface area (Å²) in [5.41, 5.74) is 0. The molecule has 0 spiro atoms. The van der Waals surface area contributed by atoms with E-state index in [4.69, 9.17) is 5.11 Å². The molecule has 0 saturated heterocycles. The Bertz CT molecular complexity index is 362. The van der Waals surface area contributed by atoms with Crippen molar-refractivity contribution in [2.45, 2.75) is 37.7 Å². The molecule has 94 valence electrons. The zero-order chi connectivity index (χ0) is 12.9. The third kappa shape index (κ3) is 3.80. The first-order valence-electron chi connectivity index (χ1n) is 4.95. The minimum atomic E-state index is -3.75. The standard InChI is InChI=1S/C9H17NO5S/c1-4-10-9(13)7(3)16(14,15)6(2)5-8(11)12/h6-7H,4-5H2,1-3H3,(H,10,13)(H,11,12). The highest BCUT2D eigenvalue weighted by molar-refractivity contribution is 7.93. The van der Waals surface area contributed by atoms with E-state index in [9.17, 15) is 18.0 Å². The van der Waals surface area contributed by atoms with Crippen LogP contribution in [0.3, 0.4) is 0 Å². The highest BCUT2D eigenvalue weighted by Crippen LogP contribution is 2.12. The van der Waals surface area contributed by atoms with Crippen molar-refractivity contribution < 1.29 is 23.1 Å². The van der Waals surface area contributed by atoms with E-state index >= 15 is 0 Å². The molecule has 0 bridgehead atoms. The van der Waals surface area contributed by atoms with Crippen molar-refractivity contribution >= 4 is 21.7 Å². The molecule has 0 aliphatic heterocycles. The van der Waals surface area contributed by atoms with Crippen LogP contribution in [0.25, 0.3) is 0 Å². The SMILES string of the molecule is CCNC(=O)C(C)S(=O)(=O)C(C)CC(=O)O. The highest BCUT2D eigenvalue weighted by atomic mass is 32.2. The van der Waals surface area contributed by atoms with E-state index in [2.05, 4.69) is 5.32 Å². The van der Waals surface area contributed by atoms with Crippen LogP contribution in [0.2, 0.25) is 0 Å². The molecule has 0 saturated carbocycles. The van der Waals surface area contributed by atoms with E-state index in [-0.39, 0.29) is 0 Å². The van der Waals surface area contributed by atoms with Crippen LogP contribution in [-0.4, -0.2) is 42.4 Å². The molecule has 0 aliphatic carbocycles. The van der Waals surface area contributed by atoms with Gasteiger partial charge in [-0.25, -0.2) is 8.42 Å². The monoisotopic (exact) mass is 251 g/mol. The third-order valence-electron chi connectivity index (χ3n) is 2.24. The zero-order valence-corrected chi connectivity index (χ0v) is 10.4. The molecule has 0 aliphatic rings. The van der Waals surface area contributed by atoms with Crippen LogP contribution in [0, 0.1) is 0 Å². The predicted octanol–water partition coefficient (Wildman–Crippen LogP) is -0.211. The summed E-state index contributed by atoms with van der Waals surface area (Å²) in [4.78, 5) is 21.8. The minimum absolute atomic E-state index is 0.339. The zero-order valence-electron chi connectivity index (χ0n) is 9.56. The van der Waals surface area contributed by atoms with Crippen LogP contribution >= 0.6 is 0 Å². The van der Waals surface area contributed by atoms with Crippen molar-refractivity contribution in [3.8, 4) is 0 Å². The average molecular weight is 251 g/mol. The van der Waals surface area contributed by atoms with Gasteiger partial charge in [0.2, 0.25) is 5.91 Å². The Morgan fingerprint density at radius 3 is 2.19 bits per heavy atom. The van der Waals surface area contributed by atoms with Crippen LogP contribution in [0.5, 0.6) is 0 Å². The Hall–Kier alpha value is -1.11. The molecule has 7 heteroatoms. The first-order valence-corrected chi connectivity index (χ1v) is 6.56.